The zero-order valence-electron chi connectivity index (χ0n) is 17.6. The predicted molar refractivity (Wildman–Crippen MR) is 125 cm³/mol. The average molecular weight is 443 g/mol. The van der Waals surface area contributed by atoms with Gasteiger partial charge in [0.1, 0.15) is 11.4 Å². The Morgan fingerprint density at radius 1 is 1.26 bits per heavy atom. The van der Waals surface area contributed by atoms with Crippen LogP contribution in [0, 0.1) is 10.1 Å². The molecule has 0 aromatic heterocycles. The Morgan fingerprint density at radius 2 is 1.97 bits per heavy atom. The van der Waals surface area contributed by atoms with Crippen LogP contribution >= 0.6 is 12.2 Å². The topological polar surface area (TPSA) is 108 Å². The first-order chi connectivity index (χ1) is 14.8. The fraction of sp³-hybridized carbons (Fsp3) is 0.364. The van der Waals surface area contributed by atoms with E-state index in [1.54, 1.807) is 24.3 Å². The Bertz CT molecular complexity index is 1010. The van der Waals surface area contributed by atoms with Gasteiger partial charge in [-0.3, -0.25) is 20.2 Å². The van der Waals surface area contributed by atoms with Crippen molar-refractivity contribution in [3.05, 3.63) is 57.6 Å². The molecule has 0 saturated carbocycles. The Hall–Kier alpha value is -3.20. The molecule has 0 bridgehead atoms. The fourth-order valence-corrected chi connectivity index (χ4v) is 3.76. The molecule has 9 heteroatoms. The standard InChI is InChI=1S/C22H26N4O4S/c1-3-14(2)15-7-9-20(27)17(12-15)23-22(31)24-21(28)16-6-8-18(19(13-16)26(29)30)25-10-4-5-11-25/h6-9,12-14,27H,3-5,10-11H2,1-2H3,(H2,23,24,28,31)/t14-/m1/s1. The van der Waals surface area contributed by atoms with Crippen molar-refractivity contribution in [1.82, 2.24) is 5.32 Å². The van der Waals surface area contributed by atoms with E-state index >= 15 is 0 Å². The van der Waals surface area contributed by atoms with Crippen LogP contribution < -0.4 is 15.5 Å². The van der Waals surface area contributed by atoms with E-state index in [4.69, 9.17) is 12.2 Å². The first kappa shape index (κ1) is 22.5. The number of nitro groups is 1. The van der Waals surface area contributed by atoms with Gasteiger partial charge in [0.15, 0.2) is 5.11 Å². The number of nitrogens with one attached hydrogen (secondary N) is 2. The van der Waals surface area contributed by atoms with Gasteiger partial charge in [0.25, 0.3) is 11.6 Å². The van der Waals surface area contributed by atoms with E-state index in [-0.39, 0.29) is 22.1 Å². The molecule has 1 heterocycles. The largest absolute Gasteiger partial charge is 0.506 e. The summed E-state index contributed by atoms with van der Waals surface area (Å²) in [4.78, 5) is 25.7. The number of amides is 1. The van der Waals surface area contributed by atoms with Crippen LogP contribution in [0.5, 0.6) is 5.75 Å². The fourth-order valence-electron chi connectivity index (χ4n) is 3.56. The Balaban J connectivity index is 1.73. The lowest BCUT2D eigenvalue weighted by Gasteiger charge is -2.18. The number of nitrogens with zero attached hydrogens (tertiary/aromatic N) is 2. The normalized spacial score (nSPS) is 14.2. The predicted octanol–water partition coefficient (Wildman–Crippen LogP) is 4.54. The summed E-state index contributed by atoms with van der Waals surface area (Å²) < 4.78 is 0. The number of hydrogen-bond acceptors (Lipinski definition) is 6. The molecular formula is C22H26N4O4S. The highest BCUT2D eigenvalue weighted by Gasteiger charge is 2.24. The van der Waals surface area contributed by atoms with E-state index in [0.29, 0.717) is 17.3 Å². The number of benzene rings is 2. The molecule has 1 atom stereocenters. The number of carbonyl (C=O) groups is 1. The van der Waals surface area contributed by atoms with Gasteiger partial charge < -0.3 is 15.3 Å². The highest BCUT2D eigenvalue weighted by molar-refractivity contribution is 7.80. The van der Waals surface area contributed by atoms with Crippen molar-refractivity contribution < 1.29 is 14.8 Å². The molecule has 1 fully saturated rings. The van der Waals surface area contributed by atoms with Crippen LogP contribution in [0.15, 0.2) is 36.4 Å². The lowest BCUT2D eigenvalue weighted by molar-refractivity contribution is -0.384. The Labute approximate surface area is 186 Å². The van der Waals surface area contributed by atoms with Gasteiger partial charge in [-0.2, -0.15) is 0 Å². The van der Waals surface area contributed by atoms with Crippen LogP contribution in [-0.2, 0) is 0 Å². The van der Waals surface area contributed by atoms with Gasteiger partial charge in [-0.05, 0) is 67.2 Å². The van der Waals surface area contributed by atoms with Gasteiger partial charge in [0.2, 0.25) is 0 Å². The molecule has 2 aromatic carbocycles. The number of anilines is 2. The van der Waals surface area contributed by atoms with Gasteiger partial charge in [-0.15, -0.1) is 0 Å². The zero-order chi connectivity index (χ0) is 22.5. The van der Waals surface area contributed by atoms with E-state index in [0.717, 1.165) is 37.9 Å². The maximum absolute atomic E-state index is 12.6. The second-order valence-electron chi connectivity index (χ2n) is 7.65. The molecule has 3 N–H and O–H groups in total. The van der Waals surface area contributed by atoms with E-state index in [1.807, 2.05) is 11.0 Å². The summed E-state index contributed by atoms with van der Waals surface area (Å²) in [5.41, 5.74) is 1.97. The van der Waals surface area contributed by atoms with Crippen molar-refractivity contribution in [3.8, 4) is 5.75 Å². The van der Waals surface area contributed by atoms with Crippen LogP contribution in [0.2, 0.25) is 0 Å². The molecule has 1 aliphatic heterocycles. The third kappa shape index (κ3) is 5.29. The molecule has 164 valence electrons. The van der Waals surface area contributed by atoms with E-state index < -0.39 is 10.8 Å². The first-order valence-electron chi connectivity index (χ1n) is 10.3. The third-order valence-electron chi connectivity index (χ3n) is 5.56. The highest BCUT2D eigenvalue weighted by Crippen LogP contribution is 2.32. The number of thiocarbonyl (C=S) groups is 1. The quantitative estimate of drug-likeness (QED) is 0.261. The SMILES string of the molecule is CC[C@@H](C)c1ccc(O)c(NC(=S)NC(=O)c2ccc(N3CCCC3)c([N+](=O)[O-])c2)c1. The minimum absolute atomic E-state index is 0.00660. The highest BCUT2D eigenvalue weighted by atomic mass is 32.1. The van der Waals surface area contributed by atoms with Gasteiger partial charge >= 0.3 is 0 Å². The maximum Gasteiger partial charge on any atom is 0.293 e. The number of aromatic hydroxyl groups is 1. The number of hydrogen-bond donors (Lipinski definition) is 3. The smallest absolute Gasteiger partial charge is 0.293 e. The van der Waals surface area contributed by atoms with Crippen molar-refractivity contribution in [1.29, 1.82) is 0 Å². The molecule has 31 heavy (non-hydrogen) atoms. The molecule has 1 aliphatic rings. The summed E-state index contributed by atoms with van der Waals surface area (Å²) in [7, 11) is 0. The van der Waals surface area contributed by atoms with Crippen molar-refractivity contribution in [2.75, 3.05) is 23.3 Å². The second kappa shape index (κ2) is 9.74. The molecular weight excluding hydrogens is 416 g/mol. The maximum atomic E-state index is 12.6. The van der Waals surface area contributed by atoms with Crippen molar-refractivity contribution in [2.45, 2.75) is 39.0 Å². The second-order valence-corrected chi connectivity index (χ2v) is 8.06. The number of nitro benzene ring substituents is 1. The summed E-state index contributed by atoms with van der Waals surface area (Å²) in [6.07, 6.45) is 2.92. The average Bonchev–Trinajstić information content (AvgIpc) is 3.28. The summed E-state index contributed by atoms with van der Waals surface area (Å²) in [6.45, 7) is 5.68. The van der Waals surface area contributed by atoms with E-state index in [2.05, 4.69) is 24.5 Å². The summed E-state index contributed by atoms with van der Waals surface area (Å²) >= 11 is 5.21. The molecule has 0 aliphatic carbocycles. The van der Waals surface area contributed by atoms with E-state index in [9.17, 15) is 20.0 Å². The van der Waals surface area contributed by atoms with Crippen LogP contribution in [0.25, 0.3) is 0 Å². The third-order valence-corrected chi connectivity index (χ3v) is 5.76. The molecule has 8 nitrogen and oxygen atoms in total. The Kier molecular flexibility index (Phi) is 7.06. The number of carbonyl (C=O) groups excluding carboxylic acids is 1. The van der Waals surface area contributed by atoms with Crippen molar-refractivity contribution in [3.63, 3.8) is 0 Å². The molecule has 0 spiro atoms. The van der Waals surface area contributed by atoms with Crippen LogP contribution in [0.3, 0.4) is 0 Å². The molecule has 1 amide bonds. The van der Waals surface area contributed by atoms with Gasteiger partial charge in [0.05, 0.1) is 10.6 Å². The van der Waals surface area contributed by atoms with Gasteiger partial charge in [-0.1, -0.05) is 19.9 Å². The molecule has 3 rings (SSSR count). The number of phenols is 1. The van der Waals surface area contributed by atoms with Crippen LogP contribution in [-0.4, -0.2) is 34.1 Å². The van der Waals surface area contributed by atoms with Crippen molar-refractivity contribution in [2.24, 2.45) is 0 Å². The molecule has 0 radical (unpaired) electrons. The van der Waals surface area contributed by atoms with Gasteiger partial charge in [-0.25, -0.2) is 0 Å². The molecule has 1 saturated heterocycles. The number of phenolic OH excluding ortho intramolecular Hbond substituents is 1. The minimum Gasteiger partial charge on any atom is -0.506 e. The molecule has 0 unspecified atom stereocenters. The monoisotopic (exact) mass is 442 g/mol. The summed E-state index contributed by atoms with van der Waals surface area (Å²) in [5, 5.41) is 27.0. The number of rotatable bonds is 6. The van der Waals surface area contributed by atoms with Crippen LogP contribution in [0.4, 0.5) is 17.1 Å². The van der Waals surface area contributed by atoms with Crippen molar-refractivity contribution >= 4 is 40.3 Å². The summed E-state index contributed by atoms with van der Waals surface area (Å²) in [6, 6.07) is 9.65. The summed E-state index contributed by atoms with van der Waals surface area (Å²) in [5.74, 6) is -0.251. The zero-order valence-corrected chi connectivity index (χ0v) is 18.4. The minimum atomic E-state index is -0.564. The first-order valence-corrected chi connectivity index (χ1v) is 10.7. The lowest BCUT2D eigenvalue weighted by atomic mass is 9.98. The molecule has 2 aromatic rings. The van der Waals surface area contributed by atoms with E-state index in [1.165, 1.54) is 6.07 Å². The van der Waals surface area contributed by atoms with Crippen LogP contribution in [0.1, 0.15) is 54.9 Å². The lowest BCUT2D eigenvalue weighted by Crippen LogP contribution is -2.34. The van der Waals surface area contributed by atoms with Gasteiger partial charge in [0, 0.05) is 24.7 Å². The Morgan fingerprint density at radius 3 is 2.61 bits per heavy atom.